The first-order chi connectivity index (χ1) is 10.3. The van der Waals surface area contributed by atoms with Crippen LogP contribution in [0.2, 0.25) is 0 Å². The van der Waals surface area contributed by atoms with Crippen molar-refractivity contribution in [1.82, 2.24) is 4.98 Å². The van der Waals surface area contributed by atoms with E-state index in [4.69, 9.17) is 4.74 Å². The summed E-state index contributed by atoms with van der Waals surface area (Å²) in [6.45, 7) is 5.70. The molecule has 7 heteroatoms. The number of ether oxygens (including phenoxy) is 1. The van der Waals surface area contributed by atoms with Gasteiger partial charge in [0.25, 0.3) is 5.69 Å². The van der Waals surface area contributed by atoms with Gasteiger partial charge in [-0.2, -0.15) is 0 Å². The van der Waals surface area contributed by atoms with Gasteiger partial charge in [0.1, 0.15) is 12.0 Å². The first-order valence-electron chi connectivity index (χ1n) is 7.55. The summed E-state index contributed by atoms with van der Waals surface area (Å²) in [5, 5.41) is 10.9. The maximum Gasteiger partial charge on any atom is 0.288 e. The van der Waals surface area contributed by atoms with Gasteiger partial charge in [-0.3, -0.25) is 10.1 Å². The lowest BCUT2D eigenvalue weighted by atomic mass is 9.94. The van der Waals surface area contributed by atoms with Crippen molar-refractivity contribution < 1.29 is 9.66 Å². The third-order valence-corrected chi connectivity index (χ3v) is 4.96. The lowest BCUT2D eigenvalue weighted by Gasteiger charge is -2.49. The highest BCUT2D eigenvalue weighted by molar-refractivity contribution is 9.10. The largest absolute Gasteiger partial charge is 0.365 e. The summed E-state index contributed by atoms with van der Waals surface area (Å²) in [4.78, 5) is 17.0. The minimum absolute atomic E-state index is 0.00118. The molecule has 0 aromatic carbocycles. The van der Waals surface area contributed by atoms with Crippen LogP contribution in [-0.2, 0) is 4.74 Å². The molecule has 1 aliphatic carbocycles. The smallest absolute Gasteiger partial charge is 0.288 e. The lowest BCUT2D eigenvalue weighted by Crippen LogP contribution is -2.59. The van der Waals surface area contributed by atoms with Crippen molar-refractivity contribution in [3.05, 3.63) is 26.9 Å². The summed E-state index contributed by atoms with van der Waals surface area (Å²) >= 11 is 3.44. The molecular formula is C15H20BrN3O3. The fourth-order valence-corrected chi connectivity index (χ4v) is 4.28. The molecule has 2 aliphatic rings. The first kappa shape index (κ1) is 15.7. The molecule has 1 spiro atoms. The molecule has 2 heterocycles. The Bertz CT molecular complexity index is 600. The standard InChI is InChI=1S/C15H20BrN3O3/c1-14(2)9-18(10-15(22-14)5-3-4-6-15)13-12(16)7-11(8-17-13)19(20)21/h7-8H,3-6,9-10H2,1-2H3. The molecule has 0 atom stereocenters. The second-order valence-corrected chi connectivity index (χ2v) is 7.72. The van der Waals surface area contributed by atoms with Gasteiger partial charge in [0, 0.05) is 19.2 Å². The molecule has 1 aromatic heterocycles. The zero-order chi connectivity index (χ0) is 16.0. The van der Waals surface area contributed by atoms with Crippen LogP contribution in [-0.4, -0.2) is 34.2 Å². The number of nitrogens with zero attached hydrogens (tertiary/aromatic N) is 3. The Morgan fingerprint density at radius 1 is 1.36 bits per heavy atom. The number of anilines is 1. The van der Waals surface area contributed by atoms with Gasteiger partial charge in [-0.1, -0.05) is 12.8 Å². The van der Waals surface area contributed by atoms with Crippen LogP contribution < -0.4 is 4.90 Å². The lowest BCUT2D eigenvalue weighted by molar-refractivity contribution is -0.385. The number of hydrogen-bond donors (Lipinski definition) is 0. The maximum absolute atomic E-state index is 10.9. The number of nitro groups is 1. The predicted molar refractivity (Wildman–Crippen MR) is 87.2 cm³/mol. The molecule has 6 nitrogen and oxygen atoms in total. The molecule has 0 amide bonds. The fourth-order valence-electron chi connectivity index (χ4n) is 3.70. The van der Waals surface area contributed by atoms with Gasteiger partial charge in [0.15, 0.2) is 0 Å². The number of halogens is 1. The molecule has 0 unspecified atom stereocenters. The van der Waals surface area contributed by atoms with Crippen molar-refractivity contribution in [2.24, 2.45) is 0 Å². The molecule has 2 fully saturated rings. The quantitative estimate of drug-likeness (QED) is 0.587. The third-order valence-electron chi connectivity index (χ3n) is 4.38. The molecular weight excluding hydrogens is 350 g/mol. The molecule has 1 aliphatic heterocycles. The Balaban J connectivity index is 1.91. The van der Waals surface area contributed by atoms with E-state index in [1.165, 1.54) is 25.1 Å². The van der Waals surface area contributed by atoms with Gasteiger partial charge in [-0.05, 0) is 42.6 Å². The van der Waals surface area contributed by atoms with Gasteiger partial charge in [0.05, 0.1) is 20.6 Å². The highest BCUT2D eigenvalue weighted by Gasteiger charge is 2.46. The zero-order valence-corrected chi connectivity index (χ0v) is 14.4. The normalized spacial score (nSPS) is 23.0. The minimum atomic E-state index is -0.427. The van der Waals surface area contributed by atoms with E-state index in [1.54, 1.807) is 0 Å². The average molecular weight is 370 g/mol. The van der Waals surface area contributed by atoms with Crippen molar-refractivity contribution in [2.75, 3.05) is 18.0 Å². The SMILES string of the molecule is CC1(C)CN(c2ncc([N+](=O)[O-])cc2Br)CC2(CCCC2)O1. The molecule has 1 aromatic rings. The molecule has 0 radical (unpaired) electrons. The van der Waals surface area contributed by atoms with E-state index in [0.717, 1.165) is 31.7 Å². The topological polar surface area (TPSA) is 68.5 Å². The molecule has 120 valence electrons. The van der Waals surface area contributed by atoms with Gasteiger partial charge in [-0.15, -0.1) is 0 Å². The Morgan fingerprint density at radius 3 is 2.64 bits per heavy atom. The van der Waals surface area contributed by atoms with Crippen molar-refractivity contribution >= 4 is 27.4 Å². The van der Waals surface area contributed by atoms with E-state index in [9.17, 15) is 10.1 Å². The van der Waals surface area contributed by atoms with Gasteiger partial charge in [0.2, 0.25) is 0 Å². The van der Waals surface area contributed by atoms with Crippen LogP contribution in [0.15, 0.2) is 16.7 Å². The number of morpholine rings is 1. The summed E-state index contributed by atoms with van der Waals surface area (Å²) in [7, 11) is 0. The molecule has 0 N–H and O–H groups in total. The Hall–Kier alpha value is -1.21. The third kappa shape index (κ3) is 2.96. The van der Waals surface area contributed by atoms with Gasteiger partial charge < -0.3 is 9.64 Å². The van der Waals surface area contributed by atoms with Crippen molar-refractivity contribution in [2.45, 2.75) is 50.7 Å². The van der Waals surface area contributed by atoms with Crippen LogP contribution in [0.1, 0.15) is 39.5 Å². The number of pyridine rings is 1. The van der Waals surface area contributed by atoms with Crippen LogP contribution in [0, 0.1) is 10.1 Å². The number of rotatable bonds is 2. The second-order valence-electron chi connectivity index (χ2n) is 6.86. The van der Waals surface area contributed by atoms with Gasteiger partial charge in [-0.25, -0.2) is 4.98 Å². The number of aromatic nitrogens is 1. The zero-order valence-electron chi connectivity index (χ0n) is 12.8. The molecule has 1 saturated heterocycles. The highest BCUT2D eigenvalue weighted by Crippen LogP contribution is 2.42. The maximum atomic E-state index is 10.9. The van der Waals surface area contributed by atoms with E-state index >= 15 is 0 Å². The summed E-state index contributed by atoms with van der Waals surface area (Å²) in [6, 6.07) is 1.52. The Labute approximate surface area is 138 Å². The predicted octanol–water partition coefficient (Wildman–Crippen LogP) is 3.68. The number of hydrogen-bond acceptors (Lipinski definition) is 5. The van der Waals surface area contributed by atoms with Crippen LogP contribution in [0.5, 0.6) is 0 Å². The van der Waals surface area contributed by atoms with Crippen molar-refractivity contribution in [1.29, 1.82) is 0 Å². The summed E-state index contributed by atoms with van der Waals surface area (Å²) in [6.07, 6.45) is 5.84. The molecule has 1 saturated carbocycles. The molecule has 22 heavy (non-hydrogen) atoms. The van der Waals surface area contributed by atoms with Crippen molar-refractivity contribution in [3.8, 4) is 0 Å². The summed E-state index contributed by atoms with van der Waals surface area (Å²) in [5.74, 6) is 0.758. The molecule has 3 rings (SSSR count). The Morgan fingerprint density at radius 2 is 2.05 bits per heavy atom. The monoisotopic (exact) mass is 369 g/mol. The van der Waals surface area contributed by atoms with Crippen LogP contribution >= 0.6 is 15.9 Å². The molecule has 0 bridgehead atoms. The van der Waals surface area contributed by atoms with Crippen LogP contribution in [0.4, 0.5) is 11.5 Å². The minimum Gasteiger partial charge on any atom is -0.365 e. The van der Waals surface area contributed by atoms with Crippen molar-refractivity contribution in [3.63, 3.8) is 0 Å². The van der Waals surface area contributed by atoms with Crippen LogP contribution in [0.3, 0.4) is 0 Å². The fraction of sp³-hybridized carbons (Fsp3) is 0.667. The average Bonchev–Trinajstić information content (AvgIpc) is 2.83. The van der Waals surface area contributed by atoms with E-state index in [2.05, 4.69) is 39.7 Å². The van der Waals surface area contributed by atoms with Gasteiger partial charge >= 0.3 is 0 Å². The van der Waals surface area contributed by atoms with E-state index in [1.807, 2.05) is 0 Å². The highest BCUT2D eigenvalue weighted by atomic mass is 79.9. The Kier molecular flexibility index (Phi) is 3.89. The van der Waals surface area contributed by atoms with Crippen LogP contribution in [0.25, 0.3) is 0 Å². The van der Waals surface area contributed by atoms with E-state index < -0.39 is 4.92 Å². The summed E-state index contributed by atoms with van der Waals surface area (Å²) < 4.78 is 7.04. The summed E-state index contributed by atoms with van der Waals surface area (Å²) in [5.41, 5.74) is -0.366. The van der Waals surface area contributed by atoms with E-state index in [-0.39, 0.29) is 16.9 Å². The second kappa shape index (κ2) is 5.45. The van der Waals surface area contributed by atoms with E-state index in [0.29, 0.717) is 4.47 Å². The first-order valence-corrected chi connectivity index (χ1v) is 8.35.